The topological polar surface area (TPSA) is 78.4 Å². The maximum absolute atomic E-state index is 12.2. The SMILES string of the molecule is COc1ccc(-c2nc(NCCc3ccc(OC(F)F)cc3)nc(OC)n2)cc1. The Balaban J connectivity index is 1.65. The lowest BCUT2D eigenvalue weighted by Crippen LogP contribution is -2.10. The highest BCUT2D eigenvalue weighted by Gasteiger charge is 2.09. The van der Waals surface area contributed by atoms with Gasteiger partial charge in [-0.05, 0) is 48.4 Å². The highest BCUT2D eigenvalue weighted by Crippen LogP contribution is 2.22. The van der Waals surface area contributed by atoms with Gasteiger partial charge >= 0.3 is 12.6 Å². The van der Waals surface area contributed by atoms with Gasteiger partial charge in [-0.2, -0.15) is 23.7 Å². The van der Waals surface area contributed by atoms with E-state index < -0.39 is 6.61 Å². The minimum absolute atomic E-state index is 0.128. The van der Waals surface area contributed by atoms with Crippen LogP contribution < -0.4 is 19.5 Å². The summed E-state index contributed by atoms with van der Waals surface area (Å²) in [6, 6.07) is 14.0. The fraction of sp³-hybridized carbons (Fsp3) is 0.250. The van der Waals surface area contributed by atoms with E-state index in [0.717, 1.165) is 16.9 Å². The summed E-state index contributed by atoms with van der Waals surface area (Å²) in [4.78, 5) is 12.9. The molecule has 29 heavy (non-hydrogen) atoms. The van der Waals surface area contributed by atoms with Gasteiger partial charge in [-0.15, -0.1) is 0 Å². The van der Waals surface area contributed by atoms with Crippen LogP contribution in [0.4, 0.5) is 14.7 Å². The van der Waals surface area contributed by atoms with E-state index in [0.29, 0.717) is 24.7 Å². The third-order valence-electron chi connectivity index (χ3n) is 3.99. The van der Waals surface area contributed by atoms with Crippen LogP contribution in [0.5, 0.6) is 17.5 Å². The van der Waals surface area contributed by atoms with E-state index in [4.69, 9.17) is 9.47 Å². The average molecular weight is 402 g/mol. The van der Waals surface area contributed by atoms with E-state index in [1.54, 1.807) is 19.2 Å². The predicted octanol–water partition coefficient (Wildman–Crippen LogP) is 3.81. The molecule has 1 aromatic heterocycles. The summed E-state index contributed by atoms with van der Waals surface area (Å²) in [7, 11) is 3.09. The third kappa shape index (κ3) is 5.74. The molecule has 3 rings (SSSR count). The van der Waals surface area contributed by atoms with Crippen LogP contribution in [-0.4, -0.2) is 42.3 Å². The molecular weight excluding hydrogens is 382 g/mol. The number of hydrogen-bond acceptors (Lipinski definition) is 7. The first-order chi connectivity index (χ1) is 14.1. The monoisotopic (exact) mass is 402 g/mol. The second-order valence-electron chi connectivity index (χ2n) is 5.90. The molecule has 3 aromatic rings. The normalized spacial score (nSPS) is 10.7. The molecule has 0 radical (unpaired) electrons. The molecule has 7 nitrogen and oxygen atoms in total. The van der Waals surface area contributed by atoms with E-state index in [2.05, 4.69) is 25.0 Å². The molecule has 0 aliphatic carbocycles. The van der Waals surface area contributed by atoms with Crippen molar-refractivity contribution in [3.63, 3.8) is 0 Å². The molecule has 0 fully saturated rings. The number of halogens is 2. The Labute approximate surface area is 166 Å². The number of methoxy groups -OCH3 is 2. The van der Waals surface area contributed by atoms with Crippen molar-refractivity contribution in [2.24, 2.45) is 0 Å². The van der Waals surface area contributed by atoms with Gasteiger partial charge in [0.1, 0.15) is 11.5 Å². The number of rotatable bonds is 9. The van der Waals surface area contributed by atoms with Crippen LogP contribution in [-0.2, 0) is 6.42 Å². The van der Waals surface area contributed by atoms with Gasteiger partial charge in [-0.25, -0.2) is 0 Å². The summed E-state index contributed by atoms with van der Waals surface area (Å²) in [6.45, 7) is -2.30. The van der Waals surface area contributed by atoms with Crippen molar-refractivity contribution < 1.29 is 23.0 Å². The van der Waals surface area contributed by atoms with E-state index in [1.807, 2.05) is 24.3 Å². The third-order valence-corrected chi connectivity index (χ3v) is 3.99. The van der Waals surface area contributed by atoms with Crippen LogP contribution in [0.15, 0.2) is 48.5 Å². The Kier molecular flexibility index (Phi) is 6.72. The maximum Gasteiger partial charge on any atom is 0.387 e. The lowest BCUT2D eigenvalue weighted by molar-refractivity contribution is -0.0498. The second kappa shape index (κ2) is 9.63. The van der Waals surface area contributed by atoms with Crippen molar-refractivity contribution in [2.75, 3.05) is 26.1 Å². The Morgan fingerprint density at radius 1 is 0.862 bits per heavy atom. The summed E-state index contributed by atoms with van der Waals surface area (Å²) >= 11 is 0. The molecule has 0 aliphatic rings. The van der Waals surface area contributed by atoms with Crippen LogP contribution in [0, 0.1) is 0 Å². The minimum Gasteiger partial charge on any atom is -0.497 e. The molecule has 2 aromatic carbocycles. The number of aromatic nitrogens is 3. The zero-order valence-electron chi connectivity index (χ0n) is 15.9. The molecule has 0 unspecified atom stereocenters. The fourth-order valence-electron chi connectivity index (χ4n) is 2.55. The van der Waals surface area contributed by atoms with Crippen LogP contribution in [0.1, 0.15) is 5.56 Å². The number of benzene rings is 2. The molecule has 0 saturated heterocycles. The lowest BCUT2D eigenvalue weighted by Gasteiger charge is -2.09. The van der Waals surface area contributed by atoms with E-state index >= 15 is 0 Å². The van der Waals surface area contributed by atoms with Gasteiger partial charge in [0.25, 0.3) is 0 Å². The van der Waals surface area contributed by atoms with Crippen molar-refractivity contribution in [3.05, 3.63) is 54.1 Å². The summed E-state index contributed by atoms with van der Waals surface area (Å²) in [5, 5.41) is 3.13. The summed E-state index contributed by atoms with van der Waals surface area (Å²) in [5.74, 6) is 1.71. The zero-order valence-corrected chi connectivity index (χ0v) is 15.9. The van der Waals surface area contributed by atoms with Gasteiger partial charge in [0.15, 0.2) is 5.82 Å². The highest BCUT2D eigenvalue weighted by atomic mass is 19.3. The standard InChI is InChI=1S/C20H20F2N4O3/c1-27-15-9-5-14(6-10-15)17-24-19(26-20(25-17)28-2)23-12-11-13-3-7-16(8-4-13)29-18(21)22/h3-10,18H,11-12H2,1-2H3,(H,23,24,25,26). The van der Waals surface area contributed by atoms with E-state index in [9.17, 15) is 8.78 Å². The van der Waals surface area contributed by atoms with Gasteiger partial charge in [-0.3, -0.25) is 0 Å². The molecule has 0 amide bonds. The highest BCUT2D eigenvalue weighted by molar-refractivity contribution is 5.57. The first-order valence-corrected chi connectivity index (χ1v) is 8.79. The minimum atomic E-state index is -2.83. The Hall–Kier alpha value is -3.49. The van der Waals surface area contributed by atoms with Crippen LogP contribution >= 0.6 is 0 Å². The van der Waals surface area contributed by atoms with Gasteiger partial charge < -0.3 is 19.5 Å². The van der Waals surface area contributed by atoms with Gasteiger partial charge in [0.2, 0.25) is 5.95 Å². The van der Waals surface area contributed by atoms with Gasteiger partial charge in [0.05, 0.1) is 14.2 Å². The van der Waals surface area contributed by atoms with E-state index in [1.165, 1.54) is 19.2 Å². The fourth-order valence-corrected chi connectivity index (χ4v) is 2.55. The summed E-state index contributed by atoms with van der Waals surface area (Å²) < 4.78 is 39.1. The first-order valence-electron chi connectivity index (χ1n) is 8.79. The molecule has 1 N–H and O–H groups in total. The molecule has 0 saturated carbocycles. The van der Waals surface area contributed by atoms with Gasteiger partial charge in [-0.1, -0.05) is 12.1 Å². The number of nitrogens with one attached hydrogen (secondary N) is 1. The molecule has 0 spiro atoms. The smallest absolute Gasteiger partial charge is 0.387 e. The van der Waals surface area contributed by atoms with Crippen molar-refractivity contribution >= 4 is 5.95 Å². The Morgan fingerprint density at radius 2 is 1.55 bits per heavy atom. The van der Waals surface area contributed by atoms with Crippen molar-refractivity contribution in [1.82, 2.24) is 15.0 Å². The maximum atomic E-state index is 12.2. The molecule has 9 heteroatoms. The van der Waals surface area contributed by atoms with Crippen LogP contribution in [0.25, 0.3) is 11.4 Å². The number of ether oxygens (including phenoxy) is 3. The zero-order chi connectivity index (χ0) is 20.6. The molecule has 0 atom stereocenters. The second-order valence-corrected chi connectivity index (χ2v) is 5.90. The predicted molar refractivity (Wildman–Crippen MR) is 104 cm³/mol. The Bertz CT molecular complexity index is 922. The van der Waals surface area contributed by atoms with Gasteiger partial charge in [0, 0.05) is 12.1 Å². The van der Waals surface area contributed by atoms with Crippen LogP contribution in [0.3, 0.4) is 0 Å². The molecule has 0 aliphatic heterocycles. The molecule has 152 valence electrons. The number of hydrogen-bond donors (Lipinski definition) is 1. The van der Waals surface area contributed by atoms with Crippen molar-refractivity contribution in [3.8, 4) is 28.9 Å². The molecule has 0 bridgehead atoms. The summed E-state index contributed by atoms with van der Waals surface area (Å²) in [6.07, 6.45) is 0.640. The number of nitrogens with zero attached hydrogens (tertiary/aromatic N) is 3. The van der Waals surface area contributed by atoms with Crippen LogP contribution in [0.2, 0.25) is 0 Å². The number of alkyl halides is 2. The van der Waals surface area contributed by atoms with Crippen molar-refractivity contribution in [1.29, 1.82) is 0 Å². The largest absolute Gasteiger partial charge is 0.497 e. The average Bonchev–Trinajstić information content (AvgIpc) is 2.74. The van der Waals surface area contributed by atoms with Crippen molar-refractivity contribution in [2.45, 2.75) is 13.0 Å². The molecule has 1 heterocycles. The Morgan fingerprint density at radius 3 is 2.17 bits per heavy atom. The first kappa shape index (κ1) is 20.2. The lowest BCUT2D eigenvalue weighted by atomic mass is 10.1. The molecular formula is C20H20F2N4O3. The van der Waals surface area contributed by atoms with E-state index in [-0.39, 0.29) is 11.8 Å². The quantitative estimate of drug-likeness (QED) is 0.583. The summed E-state index contributed by atoms with van der Waals surface area (Å²) in [5.41, 5.74) is 1.75. The number of anilines is 1.